The van der Waals surface area contributed by atoms with Crippen molar-refractivity contribution in [2.75, 3.05) is 31.6 Å². The molecule has 1 aromatic carbocycles. The van der Waals surface area contributed by atoms with Gasteiger partial charge in [-0.1, -0.05) is 25.3 Å². The molecule has 2 aliphatic rings. The van der Waals surface area contributed by atoms with E-state index in [9.17, 15) is 4.79 Å². The monoisotopic (exact) mass is 343 g/mol. The van der Waals surface area contributed by atoms with E-state index < -0.39 is 0 Å². The number of benzene rings is 1. The molecule has 1 aliphatic heterocycles. The molecule has 4 nitrogen and oxygen atoms in total. The Hall–Kier alpha value is -1.39. The number of nitrogens with zero attached hydrogens (tertiary/aromatic N) is 2. The Labute approximate surface area is 152 Å². The van der Waals surface area contributed by atoms with Crippen LogP contribution >= 0.6 is 0 Å². The third-order valence-electron chi connectivity index (χ3n) is 5.85. The van der Waals surface area contributed by atoms with E-state index in [1.165, 1.54) is 30.4 Å². The number of anilines is 1. The molecule has 1 amide bonds. The van der Waals surface area contributed by atoms with Gasteiger partial charge in [0.15, 0.2) is 0 Å². The van der Waals surface area contributed by atoms with Crippen molar-refractivity contribution in [2.45, 2.75) is 58.5 Å². The summed E-state index contributed by atoms with van der Waals surface area (Å²) in [5.74, 6) is 0.517. The van der Waals surface area contributed by atoms with Crippen LogP contribution in [0.2, 0.25) is 0 Å². The lowest BCUT2D eigenvalue weighted by molar-refractivity contribution is -0.123. The predicted molar refractivity (Wildman–Crippen MR) is 104 cm³/mol. The molecule has 0 aromatic heterocycles. The Morgan fingerprint density at radius 2 is 2.04 bits per heavy atom. The zero-order chi connectivity index (χ0) is 17.8. The third kappa shape index (κ3) is 4.62. The minimum absolute atomic E-state index is 0.223. The largest absolute Gasteiger partial charge is 0.315 e. The molecule has 1 atom stereocenters. The maximum atomic E-state index is 12.8. The maximum absolute atomic E-state index is 12.8. The van der Waals surface area contributed by atoms with Crippen LogP contribution in [0.5, 0.6) is 0 Å². The van der Waals surface area contributed by atoms with Crippen molar-refractivity contribution in [3.05, 3.63) is 29.3 Å². The van der Waals surface area contributed by atoms with Crippen LogP contribution in [-0.2, 0) is 11.3 Å². The minimum Gasteiger partial charge on any atom is -0.315 e. The fourth-order valence-electron chi connectivity index (χ4n) is 4.21. The lowest BCUT2D eigenvalue weighted by Gasteiger charge is -2.32. The maximum Gasteiger partial charge on any atom is 0.229 e. The van der Waals surface area contributed by atoms with Gasteiger partial charge in [0.2, 0.25) is 5.91 Å². The Kier molecular flexibility index (Phi) is 6.13. The first kappa shape index (κ1) is 18.4. The number of amides is 1. The lowest BCUT2D eigenvalue weighted by atomic mass is 9.88. The van der Waals surface area contributed by atoms with E-state index in [1.54, 1.807) is 0 Å². The summed E-state index contributed by atoms with van der Waals surface area (Å²) in [5.41, 5.74) is 3.69. The summed E-state index contributed by atoms with van der Waals surface area (Å²) in [5, 5.41) is 3.49. The van der Waals surface area contributed by atoms with Gasteiger partial charge < -0.3 is 10.2 Å². The van der Waals surface area contributed by atoms with E-state index in [2.05, 4.69) is 42.3 Å². The number of nitrogens with one attached hydrogen (secondary N) is 1. The Balaban J connectivity index is 1.65. The van der Waals surface area contributed by atoms with Gasteiger partial charge in [0.25, 0.3) is 0 Å². The molecule has 25 heavy (non-hydrogen) atoms. The number of rotatable bonds is 4. The molecule has 2 fully saturated rings. The quantitative estimate of drug-likeness (QED) is 0.911. The number of hydrogen-bond acceptors (Lipinski definition) is 3. The van der Waals surface area contributed by atoms with E-state index in [0.717, 1.165) is 44.7 Å². The summed E-state index contributed by atoms with van der Waals surface area (Å²) in [6.45, 7) is 8.68. The van der Waals surface area contributed by atoms with Crippen molar-refractivity contribution in [1.82, 2.24) is 10.2 Å². The zero-order valence-corrected chi connectivity index (χ0v) is 16.1. The van der Waals surface area contributed by atoms with E-state index in [4.69, 9.17) is 0 Å². The molecule has 0 spiro atoms. The van der Waals surface area contributed by atoms with Crippen LogP contribution in [0.3, 0.4) is 0 Å². The van der Waals surface area contributed by atoms with Crippen molar-refractivity contribution in [3.8, 4) is 0 Å². The molecule has 1 aromatic rings. The highest BCUT2D eigenvalue weighted by Gasteiger charge is 2.25. The van der Waals surface area contributed by atoms with Crippen LogP contribution in [0.25, 0.3) is 0 Å². The van der Waals surface area contributed by atoms with Gasteiger partial charge in [-0.15, -0.1) is 0 Å². The van der Waals surface area contributed by atoms with Gasteiger partial charge in [0.05, 0.1) is 0 Å². The van der Waals surface area contributed by atoms with E-state index in [1.807, 2.05) is 11.9 Å². The van der Waals surface area contributed by atoms with Crippen molar-refractivity contribution in [1.29, 1.82) is 0 Å². The molecule has 1 saturated carbocycles. The summed E-state index contributed by atoms with van der Waals surface area (Å²) in [6.07, 6.45) is 5.80. The van der Waals surface area contributed by atoms with Gasteiger partial charge in [-0.2, -0.15) is 0 Å². The normalized spacial score (nSPS) is 22.8. The molecule has 0 bridgehead atoms. The van der Waals surface area contributed by atoms with Gasteiger partial charge >= 0.3 is 0 Å². The fourth-order valence-corrected chi connectivity index (χ4v) is 4.21. The molecule has 1 saturated heterocycles. The summed E-state index contributed by atoms with van der Waals surface area (Å²) < 4.78 is 0. The second-order valence-corrected chi connectivity index (χ2v) is 7.93. The highest BCUT2D eigenvalue weighted by Crippen LogP contribution is 2.28. The van der Waals surface area contributed by atoms with Crippen LogP contribution in [0, 0.1) is 12.8 Å². The summed E-state index contributed by atoms with van der Waals surface area (Å²) in [4.78, 5) is 17.1. The molecule has 1 heterocycles. The third-order valence-corrected chi connectivity index (χ3v) is 5.85. The number of hydrogen-bond donors (Lipinski definition) is 1. The molecule has 0 radical (unpaired) electrons. The molecular weight excluding hydrogens is 310 g/mol. The summed E-state index contributed by atoms with van der Waals surface area (Å²) in [7, 11) is 1.93. The summed E-state index contributed by atoms with van der Waals surface area (Å²) in [6, 6.07) is 7.07. The van der Waals surface area contributed by atoms with E-state index in [-0.39, 0.29) is 5.92 Å². The second-order valence-electron chi connectivity index (χ2n) is 7.93. The van der Waals surface area contributed by atoms with Gasteiger partial charge in [-0.25, -0.2) is 0 Å². The van der Waals surface area contributed by atoms with Gasteiger partial charge in [-0.3, -0.25) is 9.69 Å². The molecule has 3 rings (SSSR count). The molecule has 0 unspecified atom stereocenters. The van der Waals surface area contributed by atoms with E-state index in [0.29, 0.717) is 11.9 Å². The first-order valence-electron chi connectivity index (χ1n) is 9.87. The van der Waals surface area contributed by atoms with Crippen LogP contribution in [0.15, 0.2) is 18.2 Å². The molecule has 4 heteroatoms. The van der Waals surface area contributed by atoms with E-state index >= 15 is 0 Å². The molecular formula is C21H33N3O. The molecule has 138 valence electrons. The Bertz CT molecular complexity index is 595. The second kappa shape index (κ2) is 8.33. The average Bonchev–Trinajstić information content (AvgIpc) is 2.63. The van der Waals surface area contributed by atoms with Crippen LogP contribution in [0.1, 0.15) is 50.2 Å². The zero-order valence-electron chi connectivity index (χ0n) is 16.1. The van der Waals surface area contributed by atoms with Crippen LogP contribution < -0.4 is 10.2 Å². The fraction of sp³-hybridized carbons (Fsp3) is 0.667. The molecule has 1 aliphatic carbocycles. The van der Waals surface area contributed by atoms with Crippen molar-refractivity contribution >= 4 is 11.6 Å². The van der Waals surface area contributed by atoms with Crippen molar-refractivity contribution < 1.29 is 4.79 Å². The minimum atomic E-state index is 0.223. The first-order chi connectivity index (χ1) is 12.0. The summed E-state index contributed by atoms with van der Waals surface area (Å²) >= 11 is 0. The number of aryl methyl sites for hydroxylation is 1. The highest BCUT2D eigenvalue weighted by atomic mass is 16.2. The number of carbonyl (C=O) groups is 1. The highest BCUT2D eigenvalue weighted by molar-refractivity contribution is 5.94. The van der Waals surface area contributed by atoms with Crippen molar-refractivity contribution in [3.63, 3.8) is 0 Å². The topological polar surface area (TPSA) is 35.6 Å². The van der Waals surface area contributed by atoms with Crippen LogP contribution in [-0.4, -0.2) is 43.5 Å². The predicted octanol–water partition coefficient (Wildman–Crippen LogP) is 3.33. The number of carbonyl (C=O) groups excluding carboxylic acids is 1. The van der Waals surface area contributed by atoms with Gasteiger partial charge in [0, 0.05) is 50.9 Å². The average molecular weight is 344 g/mol. The van der Waals surface area contributed by atoms with Gasteiger partial charge in [-0.05, 0) is 49.9 Å². The lowest BCUT2D eigenvalue weighted by Crippen LogP contribution is -2.48. The van der Waals surface area contributed by atoms with Gasteiger partial charge in [0.1, 0.15) is 0 Å². The first-order valence-corrected chi connectivity index (χ1v) is 9.87. The van der Waals surface area contributed by atoms with Crippen LogP contribution in [0.4, 0.5) is 5.69 Å². The Morgan fingerprint density at radius 1 is 1.28 bits per heavy atom. The SMILES string of the molecule is Cc1cc(N(C)C(=O)C2CCCCC2)ccc1CN1CCN[C@@H](C)C1. The number of piperazine rings is 1. The molecule has 1 N–H and O–H groups in total. The van der Waals surface area contributed by atoms with Crippen molar-refractivity contribution in [2.24, 2.45) is 5.92 Å². The Morgan fingerprint density at radius 3 is 2.72 bits per heavy atom. The smallest absolute Gasteiger partial charge is 0.229 e. The standard InChI is InChI=1S/C21H33N3O/c1-16-13-20(23(3)21(25)18-7-5-4-6-8-18)10-9-19(16)15-24-12-11-22-17(2)14-24/h9-10,13,17-18,22H,4-8,11-12,14-15H2,1-3H3/t17-/m0/s1.